The average Bonchev–Trinajstić information content (AvgIpc) is 2.62. The Balaban J connectivity index is 2.00. The van der Waals surface area contributed by atoms with Crippen LogP contribution in [0, 0.1) is 18.7 Å². The molecule has 1 aromatic carbocycles. The number of aryl methyl sites for hydroxylation is 1. The Bertz CT molecular complexity index is 847. The predicted molar refractivity (Wildman–Crippen MR) is 93.4 cm³/mol. The smallest absolute Gasteiger partial charge is 0.278 e. The molecule has 0 radical (unpaired) electrons. The van der Waals surface area contributed by atoms with Gasteiger partial charge in [0.1, 0.15) is 11.5 Å². The normalized spacial score (nSPS) is 17.6. The standard InChI is InChI=1S/C19H22FN3O2/c1-3-14-7-6-10-22(12-14)19(25)18-17(24)11-13(2)23(21-18)16-9-5-4-8-15(16)20/h4-5,8-9,11,14H,3,6-7,10,12H2,1-2H3/t14-/m1/s1. The van der Waals surface area contributed by atoms with Crippen LogP contribution >= 0.6 is 0 Å². The largest absolute Gasteiger partial charge is 0.337 e. The number of benzene rings is 1. The number of aromatic nitrogens is 2. The number of piperidine rings is 1. The number of likely N-dealkylation sites (tertiary alicyclic amines) is 1. The fourth-order valence-electron chi connectivity index (χ4n) is 3.30. The Hall–Kier alpha value is -2.50. The second kappa shape index (κ2) is 7.17. The number of carbonyl (C=O) groups excluding carboxylic acids is 1. The lowest BCUT2D eigenvalue weighted by Gasteiger charge is -2.32. The summed E-state index contributed by atoms with van der Waals surface area (Å²) < 4.78 is 15.4. The van der Waals surface area contributed by atoms with Crippen molar-refractivity contribution in [2.75, 3.05) is 13.1 Å². The molecule has 6 heteroatoms. The van der Waals surface area contributed by atoms with E-state index in [4.69, 9.17) is 0 Å². The van der Waals surface area contributed by atoms with Gasteiger partial charge in [0.2, 0.25) is 5.43 Å². The number of rotatable bonds is 3. The molecule has 1 aliphatic heterocycles. The Kier molecular flexibility index (Phi) is 4.97. The van der Waals surface area contributed by atoms with Crippen molar-refractivity contribution in [2.45, 2.75) is 33.1 Å². The maximum absolute atomic E-state index is 14.1. The van der Waals surface area contributed by atoms with Crippen LogP contribution < -0.4 is 5.43 Å². The highest BCUT2D eigenvalue weighted by Crippen LogP contribution is 2.20. The molecule has 1 aromatic heterocycles. The Morgan fingerprint density at radius 2 is 2.12 bits per heavy atom. The van der Waals surface area contributed by atoms with Crippen molar-refractivity contribution in [3.8, 4) is 5.69 Å². The third kappa shape index (κ3) is 3.48. The topological polar surface area (TPSA) is 55.2 Å². The SMILES string of the molecule is CC[C@@H]1CCCN(C(=O)c2nn(-c3ccccc3F)c(C)cc2=O)C1. The van der Waals surface area contributed by atoms with Crippen LogP contribution in [0.5, 0.6) is 0 Å². The van der Waals surface area contributed by atoms with Crippen LogP contribution in [-0.4, -0.2) is 33.7 Å². The summed E-state index contributed by atoms with van der Waals surface area (Å²) in [5, 5.41) is 4.20. The molecule has 1 amide bonds. The summed E-state index contributed by atoms with van der Waals surface area (Å²) in [5.41, 5.74) is 0.134. The van der Waals surface area contributed by atoms with Gasteiger partial charge in [0.15, 0.2) is 5.69 Å². The molecule has 2 heterocycles. The Labute approximate surface area is 146 Å². The van der Waals surface area contributed by atoms with Crippen LogP contribution in [0.25, 0.3) is 5.69 Å². The van der Waals surface area contributed by atoms with E-state index in [1.807, 2.05) is 0 Å². The van der Waals surface area contributed by atoms with Gasteiger partial charge in [-0.05, 0) is 37.8 Å². The summed E-state index contributed by atoms with van der Waals surface area (Å²) in [5.74, 6) is -0.366. The van der Waals surface area contributed by atoms with E-state index >= 15 is 0 Å². The van der Waals surface area contributed by atoms with Crippen LogP contribution in [0.2, 0.25) is 0 Å². The van der Waals surface area contributed by atoms with Gasteiger partial charge in [0, 0.05) is 24.8 Å². The predicted octanol–water partition coefficient (Wildman–Crippen LogP) is 2.94. The van der Waals surface area contributed by atoms with Crippen molar-refractivity contribution in [3.05, 3.63) is 57.8 Å². The maximum atomic E-state index is 14.1. The second-order valence-electron chi connectivity index (χ2n) is 6.53. The highest BCUT2D eigenvalue weighted by molar-refractivity contribution is 5.92. The van der Waals surface area contributed by atoms with Crippen molar-refractivity contribution < 1.29 is 9.18 Å². The molecule has 1 saturated heterocycles. The molecule has 1 fully saturated rings. The van der Waals surface area contributed by atoms with Gasteiger partial charge >= 0.3 is 0 Å². The number of amides is 1. The lowest BCUT2D eigenvalue weighted by molar-refractivity contribution is 0.0661. The van der Waals surface area contributed by atoms with Crippen molar-refractivity contribution in [1.82, 2.24) is 14.7 Å². The van der Waals surface area contributed by atoms with E-state index in [-0.39, 0.29) is 17.3 Å². The summed E-state index contributed by atoms with van der Waals surface area (Å²) in [6, 6.07) is 7.51. The number of carbonyl (C=O) groups is 1. The highest BCUT2D eigenvalue weighted by atomic mass is 19.1. The van der Waals surface area contributed by atoms with E-state index < -0.39 is 11.2 Å². The number of halogens is 1. The molecule has 25 heavy (non-hydrogen) atoms. The summed E-state index contributed by atoms with van der Waals surface area (Å²) in [7, 11) is 0. The summed E-state index contributed by atoms with van der Waals surface area (Å²) >= 11 is 0. The molecule has 0 spiro atoms. The molecular weight excluding hydrogens is 321 g/mol. The van der Waals surface area contributed by atoms with Gasteiger partial charge in [-0.1, -0.05) is 25.5 Å². The van der Waals surface area contributed by atoms with Crippen molar-refractivity contribution >= 4 is 5.91 Å². The monoisotopic (exact) mass is 343 g/mol. The molecule has 0 N–H and O–H groups in total. The quantitative estimate of drug-likeness (QED) is 0.861. The van der Waals surface area contributed by atoms with E-state index in [2.05, 4.69) is 12.0 Å². The lowest BCUT2D eigenvalue weighted by atomic mass is 9.95. The van der Waals surface area contributed by atoms with Crippen LogP contribution in [0.15, 0.2) is 35.1 Å². The minimum atomic E-state index is -0.454. The minimum Gasteiger partial charge on any atom is -0.337 e. The van der Waals surface area contributed by atoms with Crippen LogP contribution in [0.3, 0.4) is 0 Å². The third-order valence-corrected chi connectivity index (χ3v) is 4.77. The first-order chi connectivity index (χ1) is 12.0. The lowest BCUT2D eigenvalue weighted by Crippen LogP contribution is -2.42. The van der Waals surface area contributed by atoms with Gasteiger partial charge in [-0.2, -0.15) is 5.10 Å². The number of hydrogen-bond donors (Lipinski definition) is 0. The molecular formula is C19H22FN3O2. The maximum Gasteiger partial charge on any atom is 0.278 e. The van der Waals surface area contributed by atoms with E-state index in [0.29, 0.717) is 24.7 Å². The molecule has 5 nitrogen and oxygen atoms in total. The first-order valence-corrected chi connectivity index (χ1v) is 8.66. The van der Waals surface area contributed by atoms with Crippen LogP contribution in [0.1, 0.15) is 42.4 Å². The Morgan fingerprint density at radius 3 is 2.84 bits per heavy atom. The fourth-order valence-corrected chi connectivity index (χ4v) is 3.30. The second-order valence-corrected chi connectivity index (χ2v) is 6.53. The number of hydrogen-bond acceptors (Lipinski definition) is 3. The van der Waals surface area contributed by atoms with Gasteiger partial charge in [-0.3, -0.25) is 9.59 Å². The van der Waals surface area contributed by atoms with Gasteiger partial charge < -0.3 is 4.90 Å². The van der Waals surface area contributed by atoms with E-state index in [1.54, 1.807) is 30.0 Å². The number of para-hydroxylation sites is 1. The van der Waals surface area contributed by atoms with Gasteiger partial charge in [0.25, 0.3) is 5.91 Å². The zero-order valence-electron chi connectivity index (χ0n) is 14.5. The van der Waals surface area contributed by atoms with Gasteiger partial charge in [-0.15, -0.1) is 0 Å². The zero-order valence-corrected chi connectivity index (χ0v) is 14.5. The van der Waals surface area contributed by atoms with Crippen molar-refractivity contribution in [2.24, 2.45) is 5.92 Å². The molecule has 0 saturated carbocycles. The van der Waals surface area contributed by atoms with Crippen molar-refractivity contribution in [3.63, 3.8) is 0 Å². The average molecular weight is 343 g/mol. The van der Waals surface area contributed by atoms with Crippen LogP contribution in [0.4, 0.5) is 4.39 Å². The molecule has 132 valence electrons. The van der Waals surface area contributed by atoms with Gasteiger partial charge in [-0.25, -0.2) is 9.07 Å². The Morgan fingerprint density at radius 1 is 1.36 bits per heavy atom. The third-order valence-electron chi connectivity index (χ3n) is 4.77. The molecule has 3 rings (SSSR count). The van der Waals surface area contributed by atoms with Gasteiger partial charge in [0.05, 0.1) is 0 Å². The molecule has 1 atom stereocenters. The first kappa shape index (κ1) is 17.3. The molecule has 0 unspecified atom stereocenters. The van der Waals surface area contributed by atoms with E-state index in [9.17, 15) is 14.0 Å². The first-order valence-electron chi connectivity index (χ1n) is 8.66. The molecule has 1 aliphatic rings. The van der Waals surface area contributed by atoms with E-state index in [0.717, 1.165) is 19.3 Å². The molecule has 0 aliphatic carbocycles. The number of nitrogens with zero attached hydrogens (tertiary/aromatic N) is 3. The summed E-state index contributed by atoms with van der Waals surface area (Å²) in [6.45, 7) is 5.05. The zero-order chi connectivity index (χ0) is 18.0. The molecule has 0 bridgehead atoms. The summed E-state index contributed by atoms with van der Waals surface area (Å²) in [4.78, 5) is 26.8. The highest BCUT2D eigenvalue weighted by Gasteiger charge is 2.26. The van der Waals surface area contributed by atoms with Crippen LogP contribution in [-0.2, 0) is 0 Å². The fraction of sp³-hybridized carbons (Fsp3) is 0.421. The van der Waals surface area contributed by atoms with Crippen molar-refractivity contribution in [1.29, 1.82) is 0 Å². The van der Waals surface area contributed by atoms with E-state index in [1.165, 1.54) is 16.8 Å². The summed E-state index contributed by atoms with van der Waals surface area (Å²) in [6.07, 6.45) is 3.03. The minimum absolute atomic E-state index is 0.148. The molecule has 2 aromatic rings.